The highest BCUT2D eigenvalue weighted by Gasteiger charge is 2.12. The van der Waals surface area contributed by atoms with Crippen LogP contribution in [-0.4, -0.2) is 9.38 Å². The van der Waals surface area contributed by atoms with Gasteiger partial charge in [-0.3, -0.25) is 4.40 Å². The first kappa shape index (κ1) is 12.2. The Morgan fingerprint density at radius 3 is 2.79 bits per heavy atom. The van der Waals surface area contributed by atoms with Crippen LogP contribution in [0.4, 0.5) is 10.2 Å². The highest BCUT2D eigenvalue weighted by atomic mass is 79.9. The Morgan fingerprint density at radius 2 is 2.05 bits per heavy atom. The largest absolute Gasteiger partial charge is 0.383 e. The van der Waals surface area contributed by atoms with Crippen LogP contribution in [0, 0.1) is 12.7 Å². The Hall–Kier alpha value is -1.88. The van der Waals surface area contributed by atoms with E-state index in [4.69, 9.17) is 5.73 Å². The first-order valence-electron chi connectivity index (χ1n) is 5.76. The Balaban J connectivity index is 2.24. The second kappa shape index (κ2) is 4.35. The Labute approximate surface area is 118 Å². The SMILES string of the molecule is Cc1ccc(-c2nc3ccc(F)cn3c2N)cc1Br. The van der Waals surface area contributed by atoms with Gasteiger partial charge in [0.2, 0.25) is 0 Å². The Bertz CT molecular complexity index is 780. The molecular weight excluding hydrogens is 309 g/mol. The fourth-order valence-corrected chi connectivity index (χ4v) is 2.37. The number of anilines is 1. The van der Waals surface area contributed by atoms with Gasteiger partial charge in [0.05, 0.1) is 0 Å². The first-order valence-corrected chi connectivity index (χ1v) is 6.55. The van der Waals surface area contributed by atoms with E-state index in [1.807, 2.05) is 25.1 Å². The second-order valence-electron chi connectivity index (χ2n) is 4.39. The van der Waals surface area contributed by atoms with Crippen molar-refractivity contribution in [3.8, 4) is 11.3 Å². The van der Waals surface area contributed by atoms with Gasteiger partial charge in [0.25, 0.3) is 0 Å². The number of fused-ring (bicyclic) bond motifs is 1. The molecule has 3 aromatic rings. The molecule has 1 aromatic carbocycles. The van der Waals surface area contributed by atoms with Crippen molar-refractivity contribution in [3.05, 3.63) is 52.4 Å². The van der Waals surface area contributed by atoms with E-state index in [1.165, 1.54) is 12.3 Å². The molecule has 2 aromatic heterocycles. The first-order chi connectivity index (χ1) is 9.06. The van der Waals surface area contributed by atoms with Crippen molar-refractivity contribution in [2.45, 2.75) is 6.92 Å². The molecule has 2 heterocycles. The topological polar surface area (TPSA) is 43.3 Å². The lowest BCUT2D eigenvalue weighted by Gasteiger charge is -2.02. The van der Waals surface area contributed by atoms with Crippen LogP contribution in [0.25, 0.3) is 16.9 Å². The van der Waals surface area contributed by atoms with Crippen LogP contribution in [0.2, 0.25) is 0 Å². The van der Waals surface area contributed by atoms with Gasteiger partial charge in [-0.25, -0.2) is 9.37 Å². The molecule has 3 nitrogen and oxygen atoms in total. The molecule has 0 amide bonds. The standard InChI is InChI=1S/C14H11BrFN3/c1-8-2-3-9(6-11(8)15)13-14(17)19-7-10(16)4-5-12(19)18-13/h2-7H,17H2,1H3. The number of nitrogens with zero attached hydrogens (tertiary/aromatic N) is 2. The van der Waals surface area contributed by atoms with Crippen molar-refractivity contribution in [2.24, 2.45) is 0 Å². The number of halogens is 2. The van der Waals surface area contributed by atoms with Gasteiger partial charge in [-0.05, 0) is 30.7 Å². The van der Waals surface area contributed by atoms with Crippen molar-refractivity contribution in [3.63, 3.8) is 0 Å². The molecule has 0 bridgehead atoms. The number of aryl methyl sites for hydroxylation is 1. The fraction of sp³-hybridized carbons (Fsp3) is 0.0714. The van der Waals surface area contributed by atoms with E-state index < -0.39 is 0 Å². The molecule has 5 heteroatoms. The molecule has 96 valence electrons. The zero-order chi connectivity index (χ0) is 13.6. The molecule has 2 N–H and O–H groups in total. The van der Waals surface area contributed by atoms with E-state index in [2.05, 4.69) is 20.9 Å². The molecule has 0 saturated carbocycles. The summed E-state index contributed by atoms with van der Waals surface area (Å²) in [6.07, 6.45) is 1.34. The smallest absolute Gasteiger partial charge is 0.140 e. The van der Waals surface area contributed by atoms with E-state index in [1.54, 1.807) is 10.5 Å². The van der Waals surface area contributed by atoms with Gasteiger partial charge in [0, 0.05) is 16.2 Å². The number of imidazole rings is 1. The molecule has 3 rings (SSSR count). The van der Waals surface area contributed by atoms with Crippen molar-refractivity contribution < 1.29 is 4.39 Å². The molecule has 0 spiro atoms. The highest BCUT2D eigenvalue weighted by molar-refractivity contribution is 9.10. The minimum absolute atomic E-state index is 0.340. The number of pyridine rings is 1. The number of hydrogen-bond acceptors (Lipinski definition) is 2. The maximum atomic E-state index is 13.2. The molecule has 0 aliphatic rings. The average Bonchev–Trinajstić information content (AvgIpc) is 2.70. The summed E-state index contributed by atoms with van der Waals surface area (Å²) in [6.45, 7) is 2.01. The lowest BCUT2D eigenvalue weighted by Crippen LogP contribution is -1.95. The van der Waals surface area contributed by atoms with Crippen molar-refractivity contribution >= 4 is 27.4 Å². The summed E-state index contributed by atoms with van der Waals surface area (Å²) in [5, 5.41) is 0. The molecule has 0 saturated heterocycles. The van der Waals surface area contributed by atoms with E-state index in [0.29, 0.717) is 17.2 Å². The normalized spacial score (nSPS) is 11.1. The third-order valence-electron chi connectivity index (χ3n) is 3.06. The maximum absolute atomic E-state index is 13.2. The monoisotopic (exact) mass is 319 g/mol. The average molecular weight is 320 g/mol. The molecule has 0 radical (unpaired) electrons. The quantitative estimate of drug-likeness (QED) is 0.741. The van der Waals surface area contributed by atoms with Crippen LogP contribution >= 0.6 is 15.9 Å². The molecular formula is C14H11BrFN3. The lowest BCUT2D eigenvalue weighted by molar-refractivity contribution is 0.619. The summed E-state index contributed by atoms with van der Waals surface area (Å²) in [5.74, 6) is 0.0958. The molecule has 0 atom stereocenters. The summed E-state index contributed by atoms with van der Waals surface area (Å²) in [4.78, 5) is 4.44. The van der Waals surface area contributed by atoms with Crippen LogP contribution in [0.1, 0.15) is 5.56 Å². The highest BCUT2D eigenvalue weighted by Crippen LogP contribution is 2.29. The van der Waals surface area contributed by atoms with Gasteiger partial charge >= 0.3 is 0 Å². The van der Waals surface area contributed by atoms with Crippen LogP contribution in [0.15, 0.2) is 41.0 Å². The third kappa shape index (κ3) is 2.00. The van der Waals surface area contributed by atoms with Crippen molar-refractivity contribution in [2.75, 3.05) is 5.73 Å². The maximum Gasteiger partial charge on any atom is 0.140 e. The predicted molar refractivity (Wildman–Crippen MR) is 77.4 cm³/mol. The van der Waals surface area contributed by atoms with E-state index in [9.17, 15) is 4.39 Å². The summed E-state index contributed by atoms with van der Waals surface area (Å²) < 4.78 is 15.8. The number of aromatic nitrogens is 2. The molecule has 19 heavy (non-hydrogen) atoms. The number of nitrogen functional groups attached to an aromatic ring is 1. The van der Waals surface area contributed by atoms with E-state index in [0.717, 1.165) is 15.6 Å². The summed E-state index contributed by atoms with van der Waals surface area (Å²) in [7, 11) is 0. The molecule has 0 aliphatic carbocycles. The zero-order valence-corrected chi connectivity index (χ0v) is 11.8. The van der Waals surface area contributed by atoms with Crippen LogP contribution in [-0.2, 0) is 0 Å². The molecule has 0 fully saturated rings. The van der Waals surface area contributed by atoms with Gasteiger partial charge in [-0.2, -0.15) is 0 Å². The van der Waals surface area contributed by atoms with Gasteiger partial charge in [-0.15, -0.1) is 0 Å². The van der Waals surface area contributed by atoms with Gasteiger partial charge in [0.1, 0.15) is 23.0 Å². The zero-order valence-electron chi connectivity index (χ0n) is 10.2. The number of hydrogen-bond donors (Lipinski definition) is 1. The summed E-state index contributed by atoms with van der Waals surface area (Å²) in [5.41, 5.74) is 9.37. The number of benzene rings is 1. The number of nitrogens with two attached hydrogens (primary N) is 1. The lowest BCUT2D eigenvalue weighted by atomic mass is 10.1. The third-order valence-corrected chi connectivity index (χ3v) is 3.92. The minimum atomic E-state index is -0.340. The Kier molecular flexibility index (Phi) is 2.78. The van der Waals surface area contributed by atoms with E-state index in [-0.39, 0.29) is 5.82 Å². The van der Waals surface area contributed by atoms with Gasteiger partial charge < -0.3 is 5.73 Å². The van der Waals surface area contributed by atoms with Crippen molar-refractivity contribution in [1.29, 1.82) is 0 Å². The van der Waals surface area contributed by atoms with Crippen LogP contribution in [0.5, 0.6) is 0 Å². The predicted octanol–water partition coefficient (Wildman–Crippen LogP) is 3.79. The summed E-state index contributed by atoms with van der Waals surface area (Å²) in [6, 6.07) is 8.89. The molecule has 0 unspecified atom stereocenters. The Morgan fingerprint density at radius 1 is 1.26 bits per heavy atom. The second-order valence-corrected chi connectivity index (χ2v) is 5.24. The molecule has 0 aliphatic heterocycles. The van der Waals surface area contributed by atoms with E-state index >= 15 is 0 Å². The fourth-order valence-electron chi connectivity index (χ4n) is 1.99. The number of rotatable bonds is 1. The van der Waals surface area contributed by atoms with Crippen molar-refractivity contribution in [1.82, 2.24) is 9.38 Å². The van der Waals surface area contributed by atoms with Gasteiger partial charge in [0.15, 0.2) is 0 Å². The summed E-state index contributed by atoms with van der Waals surface area (Å²) >= 11 is 3.49. The van der Waals surface area contributed by atoms with Crippen LogP contribution < -0.4 is 5.73 Å². The van der Waals surface area contributed by atoms with Crippen LogP contribution in [0.3, 0.4) is 0 Å². The van der Waals surface area contributed by atoms with Gasteiger partial charge in [-0.1, -0.05) is 28.1 Å². The minimum Gasteiger partial charge on any atom is -0.383 e.